The van der Waals surface area contributed by atoms with Gasteiger partial charge in [0.15, 0.2) is 0 Å². The molecule has 0 bridgehead atoms. The first kappa shape index (κ1) is 12.6. The maximum Gasteiger partial charge on any atom is 0.416 e. The van der Waals surface area contributed by atoms with E-state index in [0.29, 0.717) is 12.0 Å². The number of alkyl halides is 3. The quantitative estimate of drug-likeness (QED) is 0.671. The first-order valence-electron chi connectivity index (χ1n) is 5.01. The van der Waals surface area contributed by atoms with Crippen LogP contribution in [0.5, 0.6) is 0 Å². The van der Waals surface area contributed by atoms with Gasteiger partial charge in [-0.25, -0.2) is 0 Å². The Kier molecular flexibility index (Phi) is 3.64. The highest BCUT2D eigenvalue weighted by atomic mass is 19.4. The van der Waals surface area contributed by atoms with Crippen molar-refractivity contribution in [1.29, 1.82) is 0 Å². The molecule has 0 aliphatic heterocycles. The van der Waals surface area contributed by atoms with Crippen LogP contribution >= 0.6 is 0 Å². The highest BCUT2D eigenvalue weighted by Crippen LogP contribution is 2.33. The van der Waals surface area contributed by atoms with Gasteiger partial charge in [-0.2, -0.15) is 13.2 Å². The summed E-state index contributed by atoms with van der Waals surface area (Å²) in [6, 6.07) is 4.06. The number of hydrogen-bond donors (Lipinski definition) is 0. The van der Waals surface area contributed by atoms with Crippen LogP contribution in [0.25, 0.3) is 0 Å². The molecule has 0 saturated carbocycles. The van der Waals surface area contributed by atoms with Gasteiger partial charge in [-0.1, -0.05) is 25.8 Å². The monoisotopic (exact) mass is 226 g/mol. The second kappa shape index (κ2) is 4.61. The molecule has 0 atom stereocenters. The van der Waals surface area contributed by atoms with Crippen LogP contribution in [0, 0.1) is 18.3 Å². The Morgan fingerprint density at radius 2 is 1.94 bits per heavy atom. The topological polar surface area (TPSA) is 0 Å². The van der Waals surface area contributed by atoms with Gasteiger partial charge in [-0.3, -0.25) is 0 Å². The molecule has 1 rings (SSSR count). The minimum Gasteiger partial charge on any atom is -0.166 e. The number of benzene rings is 1. The summed E-state index contributed by atoms with van der Waals surface area (Å²) in [5.41, 5.74) is -0.0435. The molecule has 0 spiro atoms. The van der Waals surface area contributed by atoms with Crippen LogP contribution in [-0.4, -0.2) is 0 Å². The number of hydrogen-bond acceptors (Lipinski definition) is 0. The predicted molar refractivity (Wildman–Crippen MR) is 57.9 cm³/mol. The molecule has 0 aliphatic rings. The van der Waals surface area contributed by atoms with Crippen LogP contribution < -0.4 is 0 Å². The van der Waals surface area contributed by atoms with E-state index >= 15 is 0 Å². The standard InChI is InChI=1S/C13H13F3/c1-4-10-5-6-11(7-9(2)3)12(8-10)13(14,15)16/h1,5-6,8-9H,7H2,2-3H3. The smallest absolute Gasteiger partial charge is 0.166 e. The van der Waals surface area contributed by atoms with E-state index in [-0.39, 0.29) is 11.5 Å². The van der Waals surface area contributed by atoms with Gasteiger partial charge in [0, 0.05) is 5.56 Å². The lowest BCUT2D eigenvalue weighted by atomic mass is 9.96. The van der Waals surface area contributed by atoms with Gasteiger partial charge in [0.05, 0.1) is 5.56 Å². The Balaban J connectivity index is 3.23. The molecule has 0 N–H and O–H groups in total. The van der Waals surface area contributed by atoms with Gasteiger partial charge in [-0.15, -0.1) is 6.42 Å². The van der Waals surface area contributed by atoms with Crippen molar-refractivity contribution in [1.82, 2.24) is 0 Å². The maximum absolute atomic E-state index is 12.7. The summed E-state index contributed by atoms with van der Waals surface area (Å²) in [6.45, 7) is 3.77. The van der Waals surface area contributed by atoms with E-state index in [1.54, 1.807) is 6.07 Å². The largest absolute Gasteiger partial charge is 0.416 e. The lowest BCUT2D eigenvalue weighted by Crippen LogP contribution is -2.11. The molecule has 16 heavy (non-hydrogen) atoms. The Labute approximate surface area is 93.5 Å². The fraction of sp³-hybridized carbons (Fsp3) is 0.385. The first-order valence-corrected chi connectivity index (χ1v) is 5.01. The molecule has 0 saturated heterocycles. The van der Waals surface area contributed by atoms with Crippen molar-refractivity contribution in [3.63, 3.8) is 0 Å². The van der Waals surface area contributed by atoms with E-state index in [1.165, 1.54) is 6.07 Å². The SMILES string of the molecule is C#Cc1ccc(CC(C)C)c(C(F)(F)F)c1. The minimum absolute atomic E-state index is 0.179. The molecule has 0 radical (unpaired) electrons. The first-order chi connectivity index (χ1) is 7.34. The molecule has 0 aromatic heterocycles. The fourth-order valence-corrected chi connectivity index (χ4v) is 1.55. The van der Waals surface area contributed by atoms with Gasteiger partial charge in [0.1, 0.15) is 0 Å². The van der Waals surface area contributed by atoms with E-state index in [0.717, 1.165) is 6.07 Å². The molecule has 0 fully saturated rings. The van der Waals surface area contributed by atoms with Crippen molar-refractivity contribution < 1.29 is 13.2 Å². The summed E-state index contributed by atoms with van der Waals surface area (Å²) in [5.74, 6) is 2.40. The molecule has 0 amide bonds. The average Bonchev–Trinajstić information content (AvgIpc) is 2.15. The third-order valence-corrected chi connectivity index (χ3v) is 2.21. The lowest BCUT2D eigenvalue weighted by Gasteiger charge is -2.14. The molecule has 1 aromatic rings. The molecule has 86 valence electrons. The minimum atomic E-state index is -4.34. The van der Waals surface area contributed by atoms with Gasteiger partial charge < -0.3 is 0 Å². The van der Waals surface area contributed by atoms with Crippen molar-refractivity contribution in [2.45, 2.75) is 26.4 Å². The second-order valence-electron chi connectivity index (χ2n) is 4.11. The van der Waals surface area contributed by atoms with Crippen LogP contribution in [0.1, 0.15) is 30.5 Å². The molecular formula is C13H13F3. The summed E-state index contributed by atoms with van der Waals surface area (Å²) >= 11 is 0. The Hall–Kier alpha value is -1.43. The normalized spacial score (nSPS) is 11.6. The summed E-state index contributed by atoms with van der Waals surface area (Å²) < 4.78 is 38.2. The Bertz CT molecular complexity index is 408. The van der Waals surface area contributed by atoms with Gasteiger partial charge in [0.2, 0.25) is 0 Å². The van der Waals surface area contributed by atoms with Crippen LogP contribution in [0.2, 0.25) is 0 Å². The summed E-state index contributed by atoms with van der Waals surface area (Å²) in [5, 5.41) is 0. The van der Waals surface area contributed by atoms with Gasteiger partial charge in [-0.05, 0) is 30.0 Å². The van der Waals surface area contributed by atoms with Crippen LogP contribution in [-0.2, 0) is 12.6 Å². The molecule has 1 aromatic carbocycles. The van der Waals surface area contributed by atoms with Crippen molar-refractivity contribution >= 4 is 0 Å². The van der Waals surface area contributed by atoms with E-state index in [4.69, 9.17) is 6.42 Å². The van der Waals surface area contributed by atoms with Crippen LogP contribution in [0.15, 0.2) is 18.2 Å². The lowest BCUT2D eigenvalue weighted by molar-refractivity contribution is -0.138. The molecule has 0 aliphatic carbocycles. The third-order valence-electron chi connectivity index (χ3n) is 2.21. The number of halogens is 3. The summed E-state index contributed by atoms with van der Waals surface area (Å²) in [4.78, 5) is 0. The highest BCUT2D eigenvalue weighted by molar-refractivity contribution is 5.41. The second-order valence-corrected chi connectivity index (χ2v) is 4.11. The van der Waals surface area contributed by atoms with Crippen molar-refractivity contribution in [2.24, 2.45) is 5.92 Å². The van der Waals surface area contributed by atoms with Crippen LogP contribution in [0.3, 0.4) is 0 Å². The van der Waals surface area contributed by atoms with E-state index < -0.39 is 11.7 Å². The zero-order valence-electron chi connectivity index (χ0n) is 9.23. The highest BCUT2D eigenvalue weighted by Gasteiger charge is 2.33. The summed E-state index contributed by atoms with van der Waals surface area (Å²) in [6.07, 6.45) is 1.16. The average molecular weight is 226 g/mol. The number of rotatable bonds is 2. The van der Waals surface area contributed by atoms with Gasteiger partial charge >= 0.3 is 6.18 Å². The van der Waals surface area contributed by atoms with E-state index in [1.807, 2.05) is 13.8 Å². The van der Waals surface area contributed by atoms with Crippen molar-refractivity contribution in [3.8, 4) is 12.3 Å². The maximum atomic E-state index is 12.7. The Morgan fingerprint density at radius 1 is 1.31 bits per heavy atom. The summed E-state index contributed by atoms with van der Waals surface area (Å²) in [7, 11) is 0. The molecule has 0 heterocycles. The molecular weight excluding hydrogens is 213 g/mol. The van der Waals surface area contributed by atoms with E-state index in [2.05, 4.69) is 5.92 Å². The van der Waals surface area contributed by atoms with Crippen LogP contribution in [0.4, 0.5) is 13.2 Å². The third kappa shape index (κ3) is 3.03. The zero-order chi connectivity index (χ0) is 12.3. The fourth-order valence-electron chi connectivity index (χ4n) is 1.55. The van der Waals surface area contributed by atoms with Crippen molar-refractivity contribution in [3.05, 3.63) is 34.9 Å². The number of terminal acetylenes is 1. The Morgan fingerprint density at radius 3 is 2.38 bits per heavy atom. The van der Waals surface area contributed by atoms with E-state index in [9.17, 15) is 13.2 Å². The van der Waals surface area contributed by atoms with Gasteiger partial charge in [0.25, 0.3) is 0 Å². The molecule has 0 nitrogen and oxygen atoms in total. The molecule has 0 unspecified atom stereocenters. The predicted octanol–water partition coefficient (Wildman–Crippen LogP) is 3.89. The zero-order valence-corrected chi connectivity index (χ0v) is 9.23. The molecule has 3 heteroatoms. The van der Waals surface area contributed by atoms with Crippen molar-refractivity contribution in [2.75, 3.05) is 0 Å².